The number of ether oxygens (including phenoxy) is 1. The number of hydrogen-bond acceptors (Lipinski definition) is 1. The molecule has 0 bridgehead atoms. The van der Waals surface area contributed by atoms with Crippen LogP contribution in [0.2, 0.25) is 0 Å². The Morgan fingerprint density at radius 3 is 2.50 bits per heavy atom. The van der Waals surface area contributed by atoms with E-state index in [2.05, 4.69) is 18.6 Å². The zero-order valence-electron chi connectivity index (χ0n) is 11.2. The molecule has 0 spiro atoms. The second-order valence-corrected chi connectivity index (χ2v) is 4.58. The Balaban J connectivity index is 2.76. The monoisotopic (exact) mass is 256 g/mol. The smallest absolute Gasteiger partial charge is 0.387 e. The summed E-state index contributed by atoms with van der Waals surface area (Å²) in [5.41, 5.74) is 1.11. The molecule has 3 heteroatoms. The first-order valence-corrected chi connectivity index (χ1v) is 6.72. The highest BCUT2D eigenvalue weighted by Gasteiger charge is 2.12. The molecule has 0 amide bonds. The lowest BCUT2D eigenvalue weighted by molar-refractivity contribution is -0.0499. The van der Waals surface area contributed by atoms with Gasteiger partial charge in [0.15, 0.2) is 0 Å². The van der Waals surface area contributed by atoms with Gasteiger partial charge < -0.3 is 4.74 Å². The highest BCUT2D eigenvalue weighted by molar-refractivity contribution is 5.30. The number of benzene rings is 1. The van der Waals surface area contributed by atoms with Gasteiger partial charge in [-0.3, -0.25) is 0 Å². The molecule has 1 unspecified atom stereocenters. The van der Waals surface area contributed by atoms with E-state index >= 15 is 0 Å². The van der Waals surface area contributed by atoms with Crippen molar-refractivity contribution >= 4 is 0 Å². The maximum Gasteiger partial charge on any atom is 0.387 e. The van der Waals surface area contributed by atoms with Crippen LogP contribution in [0.15, 0.2) is 24.3 Å². The Kier molecular flexibility index (Phi) is 6.69. The van der Waals surface area contributed by atoms with E-state index < -0.39 is 6.61 Å². The van der Waals surface area contributed by atoms with Gasteiger partial charge in [0.05, 0.1) is 0 Å². The molecule has 0 saturated heterocycles. The van der Waals surface area contributed by atoms with Gasteiger partial charge in [-0.2, -0.15) is 8.78 Å². The van der Waals surface area contributed by atoms with Gasteiger partial charge in [-0.05, 0) is 36.5 Å². The fraction of sp³-hybridized carbons (Fsp3) is 0.600. The van der Waals surface area contributed by atoms with Crippen molar-refractivity contribution in [3.8, 4) is 5.75 Å². The van der Waals surface area contributed by atoms with Crippen molar-refractivity contribution in [2.24, 2.45) is 0 Å². The molecule has 1 rings (SSSR count). The highest BCUT2D eigenvalue weighted by atomic mass is 19.3. The molecular weight excluding hydrogens is 234 g/mol. The van der Waals surface area contributed by atoms with Gasteiger partial charge >= 0.3 is 6.61 Å². The topological polar surface area (TPSA) is 9.23 Å². The molecule has 0 N–H and O–H groups in total. The van der Waals surface area contributed by atoms with Crippen molar-refractivity contribution in [3.63, 3.8) is 0 Å². The fourth-order valence-corrected chi connectivity index (χ4v) is 2.22. The third-order valence-corrected chi connectivity index (χ3v) is 3.10. The van der Waals surface area contributed by atoms with Crippen LogP contribution in [-0.4, -0.2) is 6.61 Å². The van der Waals surface area contributed by atoms with E-state index in [1.165, 1.54) is 6.42 Å². The zero-order chi connectivity index (χ0) is 13.4. The highest BCUT2D eigenvalue weighted by Crippen LogP contribution is 2.29. The number of unbranched alkanes of at least 4 members (excludes halogenated alkanes) is 1. The van der Waals surface area contributed by atoms with Crippen molar-refractivity contribution in [1.82, 2.24) is 0 Å². The van der Waals surface area contributed by atoms with Gasteiger partial charge in [-0.1, -0.05) is 45.2 Å². The van der Waals surface area contributed by atoms with Crippen LogP contribution in [0, 0.1) is 0 Å². The molecule has 102 valence electrons. The summed E-state index contributed by atoms with van der Waals surface area (Å²) < 4.78 is 28.8. The van der Waals surface area contributed by atoms with Crippen molar-refractivity contribution < 1.29 is 13.5 Å². The van der Waals surface area contributed by atoms with Gasteiger partial charge in [0.1, 0.15) is 5.75 Å². The summed E-state index contributed by atoms with van der Waals surface area (Å²) in [6.07, 6.45) is 5.65. The van der Waals surface area contributed by atoms with Gasteiger partial charge in [-0.15, -0.1) is 0 Å². The normalized spacial score (nSPS) is 12.7. The molecule has 0 heterocycles. The molecule has 0 saturated carbocycles. The maximum absolute atomic E-state index is 12.2. The summed E-state index contributed by atoms with van der Waals surface area (Å²) in [5.74, 6) is 0.719. The largest absolute Gasteiger partial charge is 0.435 e. The average Bonchev–Trinajstić information content (AvgIpc) is 2.34. The van der Waals surface area contributed by atoms with Crippen molar-refractivity contribution in [2.45, 2.75) is 58.5 Å². The standard InChI is InChI=1S/C15H22F2O/c1-3-5-8-12(7-4-2)13-9-6-10-14(11-13)18-15(16)17/h6,9-12,15H,3-5,7-8H2,1-2H3. The molecule has 0 fully saturated rings. The molecule has 0 aliphatic rings. The minimum absolute atomic E-state index is 0.264. The maximum atomic E-state index is 12.2. The minimum atomic E-state index is -2.75. The van der Waals surface area contributed by atoms with Crippen molar-refractivity contribution in [2.75, 3.05) is 0 Å². The molecule has 18 heavy (non-hydrogen) atoms. The predicted octanol–water partition coefficient (Wildman–Crippen LogP) is 5.36. The Bertz CT molecular complexity index is 339. The first-order chi connectivity index (χ1) is 8.67. The van der Waals surface area contributed by atoms with Gasteiger partial charge in [0.25, 0.3) is 0 Å². The van der Waals surface area contributed by atoms with Crippen LogP contribution < -0.4 is 4.74 Å². The van der Waals surface area contributed by atoms with Crippen molar-refractivity contribution in [3.05, 3.63) is 29.8 Å². The average molecular weight is 256 g/mol. The number of hydrogen-bond donors (Lipinski definition) is 0. The van der Waals surface area contributed by atoms with Crippen LogP contribution in [0.4, 0.5) is 8.78 Å². The van der Waals surface area contributed by atoms with E-state index in [4.69, 9.17) is 0 Å². The van der Waals surface area contributed by atoms with E-state index in [1.807, 2.05) is 6.07 Å². The van der Waals surface area contributed by atoms with Gasteiger partial charge in [-0.25, -0.2) is 0 Å². The van der Waals surface area contributed by atoms with Gasteiger partial charge in [0.2, 0.25) is 0 Å². The third kappa shape index (κ3) is 5.03. The van der Waals surface area contributed by atoms with E-state index in [1.54, 1.807) is 18.2 Å². The van der Waals surface area contributed by atoms with Crippen LogP contribution in [-0.2, 0) is 0 Å². The van der Waals surface area contributed by atoms with Crippen molar-refractivity contribution in [1.29, 1.82) is 0 Å². The molecule has 0 aromatic heterocycles. The van der Waals surface area contributed by atoms with E-state index in [-0.39, 0.29) is 5.75 Å². The summed E-state index contributed by atoms with van der Waals surface area (Å²) in [6, 6.07) is 7.14. The molecule has 1 atom stereocenters. The Morgan fingerprint density at radius 1 is 1.11 bits per heavy atom. The van der Waals surface area contributed by atoms with Crippen LogP contribution in [0.5, 0.6) is 5.75 Å². The Hall–Kier alpha value is -1.12. The summed E-state index contributed by atoms with van der Waals surface area (Å²) in [4.78, 5) is 0. The zero-order valence-corrected chi connectivity index (χ0v) is 11.2. The lowest BCUT2D eigenvalue weighted by Crippen LogP contribution is -2.04. The minimum Gasteiger partial charge on any atom is -0.435 e. The number of alkyl halides is 2. The predicted molar refractivity (Wildman–Crippen MR) is 70.2 cm³/mol. The Labute approximate surface area is 108 Å². The summed E-state index contributed by atoms with van der Waals surface area (Å²) in [6.45, 7) is 1.57. The molecule has 0 radical (unpaired) electrons. The van der Waals surface area contributed by atoms with E-state index in [9.17, 15) is 8.78 Å². The first kappa shape index (κ1) is 14.9. The number of rotatable bonds is 8. The second kappa shape index (κ2) is 8.06. The van der Waals surface area contributed by atoms with Crippen LogP contribution in [0.25, 0.3) is 0 Å². The van der Waals surface area contributed by atoms with E-state index in [0.717, 1.165) is 31.2 Å². The summed E-state index contributed by atoms with van der Waals surface area (Å²) in [5, 5.41) is 0. The second-order valence-electron chi connectivity index (χ2n) is 4.58. The third-order valence-electron chi connectivity index (χ3n) is 3.10. The SMILES string of the molecule is CCCCC(CCC)c1cccc(OC(F)F)c1. The molecule has 1 aromatic rings. The molecule has 0 aliphatic heterocycles. The van der Waals surface area contributed by atoms with E-state index in [0.29, 0.717) is 5.92 Å². The molecule has 1 aromatic carbocycles. The summed E-state index contributed by atoms with van der Waals surface area (Å²) in [7, 11) is 0. The van der Waals surface area contributed by atoms with Crippen LogP contribution in [0.3, 0.4) is 0 Å². The molecule has 1 nitrogen and oxygen atoms in total. The summed E-state index contributed by atoms with van der Waals surface area (Å²) >= 11 is 0. The Morgan fingerprint density at radius 2 is 1.89 bits per heavy atom. The molecule has 0 aliphatic carbocycles. The lowest BCUT2D eigenvalue weighted by Gasteiger charge is -2.17. The van der Waals surface area contributed by atoms with Gasteiger partial charge in [0, 0.05) is 0 Å². The lowest BCUT2D eigenvalue weighted by atomic mass is 9.90. The number of halogens is 2. The molecular formula is C15H22F2O. The first-order valence-electron chi connectivity index (χ1n) is 6.72. The van der Waals surface area contributed by atoms with Crippen LogP contribution in [0.1, 0.15) is 57.4 Å². The fourth-order valence-electron chi connectivity index (χ4n) is 2.22. The quantitative estimate of drug-likeness (QED) is 0.608. The van der Waals surface area contributed by atoms with Crippen LogP contribution >= 0.6 is 0 Å².